The second-order valence-electron chi connectivity index (χ2n) is 22.4. The van der Waals surface area contributed by atoms with Gasteiger partial charge in [0, 0.05) is 93.5 Å². The van der Waals surface area contributed by atoms with Crippen LogP contribution in [0.5, 0.6) is 0 Å². The lowest BCUT2D eigenvalue weighted by atomic mass is 9.70. The van der Waals surface area contributed by atoms with Crippen molar-refractivity contribution in [2.45, 2.75) is 113 Å². The minimum Gasteiger partial charge on any atom is -0.481 e. The Morgan fingerprint density at radius 3 is 1.79 bits per heavy atom. The highest BCUT2D eigenvalue weighted by molar-refractivity contribution is 7.89. The minimum atomic E-state index is -4.73. The van der Waals surface area contributed by atoms with Crippen molar-refractivity contribution in [1.29, 1.82) is 0 Å². The summed E-state index contributed by atoms with van der Waals surface area (Å²) in [5, 5.41) is 16.7. The fraction of sp³-hybridized carbons (Fsp3) is 0.528. The van der Waals surface area contributed by atoms with E-state index in [0.29, 0.717) is 40.3 Å². The van der Waals surface area contributed by atoms with Gasteiger partial charge in [-0.25, -0.2) is 12.7 Å². The zero-order valence-corrected chi connectivity index (χ0v) is 53.4. The van der Waals surface area contributed by atoms with Crippen molar-refractivity contribution in [3.63, 3.8) is 0 Å². The predicted octanol–water partition coefficient (Wildman–Crippen LogP) is 2.91. The van der Waals surface area contributed by atoms with Crippen molar-refractivity contribution in [3.05, 3.63) is 94.7 Å². The highest BCUT2D eigenvalue weighted by Gasteiger charge is 2.50. The van der Waals surface area contributed by atoms with Crippen molar-refractivity contribution in [2.75, 3.05) is 74.2 Å². The number of aliphatic carboxylic acids is 1. The first kappa shape index (κ1) is 72.0. The normalized spacial score (nSPS) is 18.9. The number of unbranched alkanes of at least 4 members (excludes halogenated alkanes) is 2. The lowest BCUT2D eigenvalue weighted by molar-refractivity contribution is -0.437. The molecule has 87 heavy (non-hydrogen) atoms. The number of amides is 3. The molecule has 34 heteroatoms. The van der Waals surface area contributed by atoms with Crippen LogP contribution in [0.2, 0.25) is 0 Å². The van der Waals surface area contributed by atoms with Crippen LogP contribution in [-0.2, 0) is 90.6 Å². The van der Waals surface area contributed by atoms with Gasteiger partial charge in [-0.05, 0) is 105 Å². The molecule has 0 saturated carbocycles. The van der Waals surface area contributed by atoms with E-state index in [2.05, 4.69) is 16.0 Å². The number of allylic oxidation sites excluding steroid dienone is 8. The number of rotatable bonds is 32. The standard InChI is InChI=1S/C53H74N6O22S6/c1-51(2)41-33-39(86(77,78)57(5)25-9-12-47(60)54-23-30-84(71,72)73)16-18-43(41)58(26-10-28-82(65,66)67)45(51)20-14-37-32-38(36-53(35-37,50(64)56-24-31-85(74,75)76)49(63)55-22-8-6-7-13-48(61)62)15-21-46-52(3,4)42-34-40(87(79,80)81)17-19-44(42)59(46)27-11-29-83(68,69)70/h14-21,32-34H,6-13,22-31,35-36H2,1-5H3,(H8-,54,55,56,60,61,62,63,64,65,66,67,68,69,70,71,72,73,74,75,76,79,80,81)/p+1. The topological polar surface area (TPSA) is 440 Å². The Morgan fingerprint density at radius 1 is 0.621 bits per heavy atom. The highest BCUT2D eigenvalue weighted by Crippen LogP contribution is 2.49. The first-order valence-electron chi connectivity index (χ1n) is 27.3. The first-order chi connectivity index (χ1) is 40.0. The summed E-state index contributed by atoms with van der Waals surface area (Å²) < 4.78 is 197. The average molecular weight is 1340 g/mol. The second kappa shape index (κ2) is 28.4. The van der Waals surface area contributed by atoms with E-state index < -0.39 is 135 Å². The van der Waals surface area contributed by atoms with Crippen LogP contribution in [-0.4, -0.2) is 186 Å². The number of benzene rings is 2. The molecule has 2 heterocycles. The summed E-state index contributed by atoms with van der Waals surface area (Å²) in [7, 11) is -25.6. The molecule has 3 amide bonds. The number of carboxylic acid groups (broad SMARTS) is 1. The number of anilines is 1. The first-order valence-corrected chi connectivity index (χ1v) is 36.6. The molecule has 0 saturated heterocycles. The molecule has 28 nitrogen and oxygen atoms in total. The van der Waals surface area contributed by atoms with Crippen LogP contribution in [0.15, 0.2) is 93.4 Å². The summed E-state index contributed by atoms with van der Waals surface area (Å²) in [6, 6.07) is 8.09. The Balaban J connectivity index is 1.67. The summed E-state index contributed by atoms with van der Waals surface area (Å²) in [4.78, 5) is 54.2. The van der Waals surface area contributed by atoms with Gasteiger partial charge in [-0.3, -0.25) is 41.9 Å². The SMILES string of the molecule is CN(CCCC(=O)NCCS(=O)(=O)O)S(=O)(=O)c1ccc2c(c1)C(C)(C)C(C=CC1=CC(=CC=C3N(CCCS(=O)(=O)O)c4ccc(S(=O)(=O)O)cc4C3(C)C)CC(C(=O)NCCCCCC(=O)O)(C(=O)NCCS(=O)(=O)O)C1)=[N+]2CCCS(=O)(=O)O. The van der Waals surface area contributed by atoms with E-state index in [4.69, 9.17) is 9.66 Å². The molecule has 0 aromatic heterocycles. The number of nitrogens with one attached hydrogen (secondary N) is 3. The van der Waals surface area contributed by atoms with Crippen LogP contribution >= 0.6 is 0 Å². The Bertz CT molecular complexity index is 3870. The number of carbonyl (C=O) groups excluding carboxylic acids is 3. The van der Waals surface area contributed by atoms with Gasteiger partial charge < -0.3 is 26.0 Å². The molecule has 1 unspecified atom stereocenters. The molecule has 484 valence electrons. The molecule has 1 aliphatic carbocycles. The van der Waals surface area contributed by atoms with Crippen LogP contribution in [0.4, 0.5) is 11.4 Å². The maximum absolute atomic E-state index is 14.9. The number of hydrogen-bond acceptors (Lipinski definition) is 17. The number of nitrogens with zero attached hydrogens (tertiary/aromatic N) is 3. The summed E-state index contributed by atoms with van der Waals surface area (Å²) in [5.41, 5.74) is -1.29. The van der Waals surface area contributed by atoms with Crippen LogP contribution < -0.4 is 20.9 Å². The third kappa shape index (κ3) is 19.9. The molecule has 0 radical (unpaired) electrons. The maximum Gasteiger partial charge on any atom is 0.303 e. The van der Waals surface area contributed by atoms with Crippen molar-refractivity contribution in [1.82, 2.24) is 20.3 Å². The maximum atomic E-state index is 14.9. The molecule has 0 fully saturated rings. The highest BCUT2D eigenvalue weighted by atomic mass is 32.2. The number of carboxylic acids is 1. The molecular weight excluding hydrogens is 1270 g/mol. The molecular formula is C53H75N6O22S6+. The molecule has 2 aliphatic heterocycles. The Hall–Kier alpha value is -5.79. The van der Waals surface area contributed by atoms with E-state index in [9.17, 15) is 87.9 Å². The summed E-state index contributed by atoms with van der Waals surface area (Å²) in [5.74, 6) is -6.43. The van der Waals surface area contributed by atoms with Gasteiger partial charge in [-0.15, -0.1) is 0 Å². The number of hydrogen-bond donors (Lipinski definition) is 9. The third-order valence-corrected chi connectivity index (χ3v) is 20.8. The summed E-state index contributed by atoms with van der Waals surface area (Å²) >= 11 is 0. The molecule has 1 atom stereocenters. The molecule has 3 aliphatic rings. The van der Waals surface area contributed by atoms with Crippen molar-refractivity contribution < 1.29 is 102 Å². The van der Waals surface area contributed by atoms with Gasteiger partial charge in [0.2, 0.25) is 33.4 Å². The van der Waals surface area contributed by atoms with Crippen molar-refractivity contribution in [2.24, 2.45) is 5.41 Å². The van der Waals surface area contributed by atoms with Crippen molar-refractivity contribution in [3.8, 4) is 0 Å². The Labute approximate surface area is 507 Å². The van der Waals surface area contributed by atoms with Crippen LogP contribution in [0.25, 0.3) is 0 Å². The molecule has 2 aromatic rings. The van der Waals surface area contributed by atoms with Crippen LogP contribution in [0.3, 0.4) is 0 Å². The van der Waals surface area contributed by atoms with E-state index in [-0.39, 0.29) is 107 Å². The lowest BCUT2D eigenvalue weighted by Gasteiger charge is -2.35. The fourth-order valence-corrected chi connectivity index (χ4v) is 14.1. The van der Waals surface area contributed by atoms with Gasteiger partial charge in [0.1, 0.15) is 12.0 Å². The van der Waals surface area contributed by atoms with Crippen LogP contribution in [0, 0.1) is 5.41 Å². The monoisotopic (exact) mass is 1340 g/mol. The third-order valence-electron chi connectivity index (χ3n) is 15.0. The van der Waals surface area contributed by atoms with Gasteiger partial charge in [-0.1, -0.05) is 38.5 Å². The summed E-state index contributed by atoms with van der Waals surface area (Å²) in [6.07, 6.45) is 7.54. The van der Waals surface area contributed by atoms with E-state index >= 15 is 0 Å². The van der Waals surface area contributed by atoms with Gasteiger partial charge in [0.25, 0.3) is 50.6 Å². The predicted molar refractivity (Wildman–Crippen MR) is 320 cm³/mol. The molecule has 0 spiro atoms. The molecule has 5 rings (SSSR count). The second-order valence-corrected chi connectivity index (χ2v) is 32.2. The zero-order valence-electron chi connectivity index (χ0n) is 48.5. The molecule has 9 N–H and O–H groups in total. The van der Waals surface area contributed by atoms with E-state index in [0.717, 1.165) is 10.4 Å². The smallest absolute Gasteiger partial charge is 0.303 e. The molecule has 0 bridgehead atoms. The van der Waals surface area contributed by atoms with Crippen molar-refractivity contribution >= 4 is 101 Å². The van der Waals surface area contributed by atoms with Crippen LogP contribution in [0.1, 0.15) is 103 Å². The summed E-state index contributed by atoms with van der Waals surface area (Å²) in [6.45, 7) is 5.63. The number of sulfonamides is 1. The zero-order chi connectivity index (χ0) is 65.4. The van der Waals surface area contributed by atoms with Gasteiger partial charge in [0.05, 0.1) is 38.2 Å². The molecule has 2 aromatic carbocycles. The van der Waals surface area contributed by atoms with Gasteiger partial charge in [-0.2, -0.15) is 46.7 Å². The van der Waals surface area contributed by atoms with E-state index in [1.807, 2.05) is 0 Å². The van der Waals surface area contributed by atoms with Gasteiger partial charge >= 0.3 is 5.97 Å². The Kier molecular flexibility index (Phi) is 23.5. The van der Waals surface area contributed by atoms with E-state index in [1.165, 1.54) is 37.4 Å². The van der Waals surface area contributed by atoms with E-state index in [1.54, 1.807) is 67.6 Å². The minimum absolute atomic E-state index is 0.0208. The van der Waals surface area contributed by atoms with Gasteiger partial charge in [0.15, 0.2) is 5.71 Å². The lowest BCUT2D eigenvalue weighted by Crippen LogP contribution is -2.53. The Morgan fingerprint density at radius 2 is 1.20 bits per heavy atom. The largest absolute Gasteiger partial charge is 0.481 e. The fourth-order valence-electron chi connectivity index (χ4n) is 10.6. The average Bonchev–Trinajstić information content (AvgIpc) is 1.66. The number of carbonyl (C=O) groups is 4. The quantitative estimate of drug-likeness (QED) is 0.0220. The number of fused-ring (bicyclic) bond motifs is 2.